The first-order valence-corrected chi connectivity index (χ1v) is 9.16. The molecular formula is C17H12F3N3O4S. The van der Waals surface area contributed by atoms with Gasteiger partial charge in [-0.25, -0.2) is 18.4 Å². The number of nitrogens with one attached hydrogen (secondary N) is 1. The highest BCUT2D eigenvalue weighted by molar-refractivity contribution is 7.89. The molecule has 1 heterocycles. The number of aromatic carboxylic acids is 1. The maximum atomic E-state index is 13.5. The Bertz CT molecular complexity index is 1150. The zero-order valence-electron chi connectivity index (χ0n) is 13.9. The summed E-state index contributed by atoms with van der Waals surface area (Å²) in [6.45, 7) is 0. The molecule has 4 N–H and O–H groups in total. The molecule has 0 aliphatic carbocycles. The fraction of sp³-hybridized carbons (Fsp3) is 0.0588. The molecule has 0 saturated carbocycles. The highest BCUT2D eigenvalue weighted by atomic mass is 32.2. The molecule has 2 aromatic carbocycles. The predicted molar refractivity (Wildman–Crippen MR) is 92.8 cm³/mol. The molecule has 0 fully saturated rings. The van der Waals surface area contributed by atoms with E-state index in [1.807, 2.05) is 5.10 Å². The van der Waals surface area contributed by atoms with Crippen LogP contribution in [0.2, 0.25) is 0 Å². The summed E-state index contributed by atoms with van der Waals surface area (Å²) in [5.74, 6) is -1.40. The minimum atomic E-state index is -4.83. The number of carboxylic acids is 1. The SMILES string of the molecule is NS(=O)(=O)c1ccc(-c2n[nH]c(C(F)(F)F)c2-c2ccccc2C(=O)O)cc1. The van der Waals surface area contributed by atoms with Crippen LogP contribution in [0.25, 0.3) is 22.4 Å². The van der Waals surface area contributed by atoms with Crippen molar-refractivity contribution in [2.24, 2.45) is 5.14 Å². The van der Waals surface area contributed by atoms with Crippen molar-refractivity contribution in [2.75, 3.05) is 0 Å². The first-order chi connectivity index (χ1) is 13.0. The molecule has 146 valence electrons. The second-order valence-corrected chi connectivity index (χ2v) is 7.30. The van der Waals surface area contributed by atoms with Crippen LogP contribution in [0.4, 0.5) is 13.2 Å². The van der Waals surface area contributed by atoms with Crippen molar-refractivity contribution in [1.29, 1.82) is 0 Å². The molecule has 3 rings (SSSR count). The molecule has 0 spiro atoms. The van der Waals surface area contributed by atoms with E-state index in [0.29, 0.717) is 0 Å². The number of sulfonamides is 1. The highest BCUT2D eigenvalue weighted by Gasteiger charge is 2.38. The van der Waals surface area contributed by atoms with E-state index >= 15 is 0 Å². The van der Waals surface area contributed by atoms with Crippen molar-refractivity contribution in [3.05, 3.63) is 59.8 Å². The number of primary sulfonamides is 1. The summed E-state index contributed by atoms with van der Waals surface area (Å²) in [4.78, 5) is 11.3. The Morgan fingerprint density at radius 1 is 1.07 bits per heavy atom. The summed E-state index contributed by atoms with van der Waals surface area (Å²) in [6.07, 6.45) is -4.83. The molecule has 0 saturated heterocycles. The third-order valence-electron chi connectivity index (χ3n) is 3.93. The van der Waals surface area contributed by atoms with Crippen LogP contribution >= 0.6 is 0 Å². The number of H-pyrrole nitrogens is 1. The molecule has 1 aromatic heterocycles. The molecule has 0 unspecified atom stereocenters. The molecule has 11 heteroatoms. The van der Waals surface area contributed by atoms with Gasteiger partial charge in [-0.05, 0) is 18.2 Å². The van der Waals surface area contributed by atoms with Crippen LogP contribution in [0.5, 0.6) is 0 Å². The van der Waals surface area contributed by atoms with Crippen molar-refractivity contribution in [3.8, 4) is 22.4 Å². The van der Waals surface area contributed by atoms with Crippen molar-refractivity contribution >= 4 is 16.0 Å². The van der Waals surface area contributed by atoms with E-state index in [2.05, 4.69) is 5.10 Å². The number of hydrogen-bond acceptors (Lipinski definition) is 4. The van der Waals surface area contributed by atoms with E-state index in [0.717, 1.165) is 12.1 Å². The van der Waals surface area contributed by atoms with Crippen molar-refractivity contribution in [3.63, 3.8) is 0 Å². The third kappa shape index (κ3) is 3.62. The lowest BCUT2D eigenvalue weighted by molar-refractivity contribution is -0.140. The number of rotatable bonds is 4. The number of aromatic nitrogens is 2. The van der Waals surface area contributed by atoms with Gasteiger partial charge >= 0.3 is 12.1 Å². The Hall–Kier alpha value is -3.18. The molecule has 0 aliphatic heterocycles. The van der Waals surface area contributed by atoms with E-state index in [1.54, 1.807) is 0 Å². The second-order valence-electron chi connectivity index (χ2n) is 5.74. The minimum Gasteiger partial charge on any atom is -0.478 e. The third-order valence-corrected chi connectivity index (χ3v) is 4.86. The largest absolute Gasteiger partial charge is 0.478 e. The van der Waals surface area contributed by atoms with Crippen LogP contribution in [-0.2, 0) is 16.2 Å². The molecule has 0 radical (unpaired) electrons. The smallest absolute Gasteiger partial charge is 0.433 e. The van der Waals surface area contributed by atoms with Gasteiger partial charge in [0.05, 0.1) is 10.5 Å². The van der Waals surface area contributed by atoms with Gasteiger partial charge in [0.1, 0.15) is 11.4 Å². The normalized spacial score (nSPS) is 12.1. The maximum absolute atomic E-state index is 13.5. The first-order valence-electron chi connectivity index (χ1n) is 7.61. The van der Waals surface area contributed by atoms with Gasteiger partial charge in [-0.3, -0.25) is 5.10 Å². The molecule has 0 aliphatic rings. The molecule has 28 heavy (non-hydrogen) atoms. The topological polar surface area (TPSA) is 126 Å². The Balaban J connectivity index is 2.28. The molecular weight excluding hydrogens is 399 g/mol. The van der Waals surface area contributed by atoms with E-state index in [4.69, 9.17) is 5.14 Å². The van der Waals surface area contributed by atoms with E-state index in [9.17, 15) is 31.5 Å². The summed E-state index contributed by atoms with van der Waals surface area (Å²) in [7, 11) is -3.99. The van der Waals surface area contributed by atoms with Crippen LogP contribution in [0.1, 0.15) is 16.1 Å². The summed E-state index contributed by atoms with van der Waals surface area (Å²) in [5.41, 5.74) is -2.21. The molecule has 7 nitrogen and oxygen atoms in total. The molecule has 0 atom stereocenters. The van der Waals surface area contributed by atoms with Crippen molar-refractivity contribution in [1.82, 2.24) is 10.2 Å². The van der Waals surface area contributed by atoms with Gasteiger partial charge in [0.25, 0.3) is 0 Å². The number of aromatic amines is 1. The minimum absolute atomic E-state index is 0.148. The van der Waals surface area contributed by atoms with Crippen LogP contribution in [0.15, 0.2) is 53.4 Å². The number of carboxylic acid groups (broad SMARTS) is 1. The Morgan fingerprint density at radius 2 is 1.68 bits per heavy atom. The van der Waals surface area contributed by atoms with Gasteiger partial charge in [-0.2, -0.15) is 18.3 Å². The van der Waals surface area contributed by atoms with E-state index in [1.165, 1.54) is 36.4 Å². The number of carbonyl (C=O) groups is 1. The van der Waals surface area contributed by atoms with Crippen LogP contribution < -0.4 is 5.14 Å². The standard InChI is InChI=1S/C17H12F3N3O4S/c18-17(19,20)15-13(11-3-1-2-4-12(11)16(24)25)14(22-23-15)9-5-7-10(8-6-9)28(21,26)27/h1-8H,(H,22,23)(H,24,25)(H2,21,26,27). The second kappa shape index (κ2) is 6.77. The highest BCUT2D eigenvalue weighted by Crippen LogP contribution is 2.42. The van der Waals surface area contributed by atoms with Crippen LogP contribution in [-0.4, -0.2) is 29.7 Å². The number of hydrogen-bond donors (Lipinski definition) is 3. The van der Waals surface area contributed by atoms with Gasteiger partial charge in [-0.1, -0.05) is 30.3 Å². The summed E-state index contributed by atoms with van der Waals surface area (Å²) in [6, 6.07) is 9.94. The first kappa shape index (κ1) is 19.6. The zero-order chi connectivity index (χ0) is 20.7. The summed E-state index contributed by atoms with van der Waals surface area (Å²) >= 11 is 0. The number of alkyl halides is 3. The van der Waals surface area contributed by atoms with Gasteiger partial charge in [0.2, 0.25) is 10.0 Å². The van der Waals surface area contributed by atoms with Crippen LogP contribution in [0.3, 0.4) is 0 Å². The molecule has 0 amide bonds. The molecule has 0 bridgehead atoms. The average Bonchev–Trinajstić information content (AvgIpc) is 3.06. The Morgan fingerprint density at radius 3 is 2.21 bits per heavy atom. The number of nitrogens with two attached hydrogens (primary N) is 1. The Labute approximate surface area is 156 Å². The summed E-state index contributed by atoms with van der Waals surface area (Å²) < 4.78 is 63.2. The van der Waals surface area contributed by atoms with Crippen molar-refractivity contribution < 1.29 is 31.5 Å². The lowest BCUT2D eigenvalue weighted by Crippen LogP contribution is -2.11. The monoisotopic (exact) mass is 411 g/mol. The lowest BCUT2D eigenvalue weighted by atomic mass is 9.94. The lowest BCUT2D eigenvalue weighted by Gasteiger charge is -2.11. The quantitative estimate of drug-likeness (QED) is 0.608. The fourth-order valence-electron chi connectivity index (χ4n) is 2.71. The zero-order valence-corrected chi connectivity index (χ0v) is 14.7. The summed E-state index contributed by atoms with van der Waals surface area (Å²) in [5, 5.41) is 20.0. The van der Waals surface area contributed by atoms with Gasteiger partial charge in [-0.15, -0.1) is 0 Å². The maximum Gasteiger partial charge on any atom is 0.433 e. The molecule has 3 aromatic rings. The van der Waals surface area contributed by atoms with E-state index in [-0.39, 0.29) is 27.3 Å². The van der Waals surface area contributed by atoms with Gasteiger partial charge < -0.3 is 5.11 Å². The fourth-order valence-corrected chi connectivity index (χ4v) is 3.22. The van der Waals surface area contributed by atoms with E-state index < -0.39 is 33.4 Å². The van der Waals surface area contributed by atoms with Gasteiger partial charge in [0, 0.05) is 16.7 Å². The number of benzene rings is 2. The predicted octanol–water partition coefficient (Wildman–Crippen LogP) is 3.11. The van der Waals surface area contributed by atoms with Gasteiger partial charge in [0.15, 0.2) is 0 Å². The number of halogens is 3. The van der Waals surface area contributed by atoms with Crippen molar-refractivity contribution in [2.45, 2.75) is 11.1 Å². The Kier molecular flexibility index (Phi) is 4.73. The van der Waals surface area contributed by atoms with Crippen LogP contribution in [0, 0.1) is 0 Å². The number of nitrogens with zero attached hydrogens (tertiary/aromatic N) is 1. The average molecular weight is 411 g/mol.